The van der Waals surface area contributed by atoms with Gasteiger partial charge < -0.3 is 9.88 Å². The number of anilines is 1. The highest BCUT2D eigenvalue weighted by molar-refractivity contribution is 9.10. The Balaban J connectivity index is 2.00. The number of carbonyl (C=O) groups is 1. The largest absolute Gasteiger partial charge is 0.345 e. The molecule has 24 heavy (non-hydrogen) atoms. The van der Waals surface area contributed by atoms with Gasteiger partial charge in [-0.25, -0.2) is 0 Å². The molecule has 1 amide bonds. The number of hydrogen-bond acceptors (Lipinski definition) is 2. The smallest absolute Gasteiger partial charge is 0.255 e. The highest BCUT2D eigenvalue weighted by Crippen LogP contribution is 2.18. The third-order valence-corrected chi connectivity index (χ3v) is 4.53. The molecule has 1 N–H and O–H groups in total. The van der Waals surface area contributed by atoms with E-state index in [-0.39, 0.29) is 11.3 Å². The van der Waals surface area contributed by atoms with Gasteiger partial charge in [0.25, 0.3) is 5.91 Å². The van der Waals surface area contributed by atoms with Crippen LogP contribution in [0.25, 0.3) is 10.9 Å². The molecule has 0 spiro atoms. The van der Waals surface area contributed by atoms with Gasteiger partial charge in [0.2, 0.25) is 0 Å². The molecule has 0 atom stereocenters. The molecule has 0 aliphatic carbocycles. The number of halogens is 1. The molecule has 0 saturated carbocycles. The van der Waals surface area contributed by atoms with Crippen LogP contribution in [0.15, 0.2) is 57.8 Å². The minimum absolute atomic E-state index is 0.0644. The Kier molecular flexibility index (Phi) is 4.53. The fourth-order valence-corrected chi connectivity index (χ4v) is 3.07. The second-order valence-electron chi connectivity index (χ2n) is 5.59. The molecule has 3 aromatic rings. The van der Waals surface area contributed by atoms with Crippen LogP contribution in [0.3, 0.4) is 0 Å². The lowest BCUT2D eigenvalue weighted by Crippen LogP contribution is -2.15. The lowest BCUT2D eigenvalue weighted by atomic mass is 10.1. The Hall–Kier alpha value is -2.40. The second kappa shape index (κ2) is 6.61. The van der Waals surface area contributed by atoms with Crippen molar-refractivity contribution in [2.75, 3.05) is 5.32 Å². The molecule has 0 bridgehead atoms. The van der Waals surface area contributed by atoms with Crippen molar-refractivity contribution in [3.63, 3.8) is 0 Å². The highest BCUT2D eigenvalue weighted by atomic mass is 79.9. The van der Waals surface area contributed by atoms with E-state index >= 15 is 0 Å². The number of nitrogens with one attached hydrogen (secondary N) is 1. The van der Waals surface area contributed by atoms with Gasteiger partial charge in [0, 0.05) is 39.4 Å². The summed E-state index contributed by atoms with van der Waals surface area (Å²) in [6.07, 6.45) is 0. The summed E-state index contributed by atoms with van der Waals surface area (Å²) in [7, 11) is 0. The van der Waals surface area contributed by atoms with E-state index < -0.39 is 0 Å². The molecule has 122 valence electrons. The average molecular weight is 385 g/mol. The molecule has 0 saturated heterocycles. The minimum Gasteiger partial charge on any atom is -0.345 e. The van der Waals surface area contributed by atoms with Gasteiger partial charge >= 0.3 is 0 Å². The number of pyridine rings is 1. The Morgan fingerprint density at radius 1 is 1.12 bits per heavy atom. The third-order valence-electron chi connectivity index (χ3n) is 4.00. The quantitative estimate of drug-likeness (QED) is 0.729. The van der Waals surface area contributed by atoms with Gasteiger partial charge in [-0.1, -0.05) is 15.9 Å². The van der Waals surface area contributed by atoms with Crippen molar-refractivity contribution in [3.05, 3.63) is 74.5 Å². The van der Waals surface area contributed by atoms with Crippen molar-refractivity contribution < 1.29 is 4.79 Å². The average Bonchev–Trinajstić information content (AvgIpc) is 2.57. The van der Waals surface area contributed by atoms with Crippen LogP contribution in [0.2, 0.25) is 0 Å². The number of benzene rings is 2. The predicted octanol–water partition coefficient (Wildman–Crippen LogP) is 4.34. The fraction of sp³-hybridized carbons (Fsp3) is 0.158. The van der Waals surface area contributed by atoms with E-state index in [1.807, 2.05) is 44.2 Å². The Labute approximate surface area is 148 Å². The SMILES string of the molecule is CCn1c(C)cc(=O)c2cc(C(=O)Nc3ccc(Br)cc3)ccc21. The van der Waals surface area contributed by atoms with Gasteiger partial charge in [0.15, 0.2) is 5.43 Å². The number of carbonyl (C=O) groups excluding carboxylic acids is 1. The monoisotopic (exact) mass is 384 g/mol. The van der Waals surface area contributed by atoms with Crippen LogP contribution in [0.5, 0.6) is 0 Å². The summed E-state index contributed by atoms with van der Waals surface area (Å²) >= 11 is 3.36. The lowest BCUT2D eigenvalue weighted by molar-refractivity contribution is 0.102. The van der Waals surface area contributed by atoms with Crippen molar-refractivity contribution in [3.8, 4) is 0 Å². The summed E-state index contributed by atoms with van der Waals surface area (Å²) in [5, 5.41) is 3.40. The van der Waals surface area contributed by atoms with Crippen molar-refractivity contribution in [2.45, 2.75) is 20.4 Å². The summed E-state index contributed by atoms with van der Waals surface area (Å²) in [4.78, 5) is 24.7. The van der Waals surface area contributed by atoms with Crippen LogP contribution in [-0.4, -0.2) is 10.5 Å². The first-order valence-corrected chi connectivity index (χ1v) is 8.50. The zero-order valence-electron chi connectivity index (χ0n) is 13.5. The molecule has 0 unspecified atom stereocenters. The number of nitrogens with zero attached hydrogens (tertiary/aromatic N) is 1. The van der Waals surface area contributed by atoms with E-state index in [4.69, 9.17) is 0 Å². The standard InChI is InChI=1S/C19H17BrN2O2/c1-3-22-12(2)10-18(23)16-11-13(4-9-17(16)22)19(24)21-15-7-5-14(20)6-8-15/h4-11H,3H2,1-2H3,(H,21,24). The third kappa shape index (κ3) is 3.12. The number of fused-ring (bicyclic) bond motifs is 1. The number of rotatable bonds is 3. The van der Waals surface area contributed by atoms with E-state index in [1.54, 1.807) is 18.2 Å². The zero-order chi connectivity index (χ0) is 17.3. The highest BCUT2D eigenvalue weighted by Gasteiger charge is 2.11. The van der Waals surface area contributed by atoms with Crippen molar-refractivity contribution >= 4 is 38.4 Å². The van der Waals surface area contributed by atoms with Crippen molar-refractivity contribution in [1.82, 2.24) is 4.57 Å². The van der Waals surface area contributed by atoms with Crippen LogP contribution in [0, 0.1) is 6.92 Å². The first-order chi connectivity index (χ1) is 11.5. The maximum atomic E-state index is 12.4. The summed E-state index contributed by atoms with van der Waals surface area (Å²) in [5.74, 6) is -0.234. The predicted molar refractivity (Wildman–Crippen MR) is 101 cm³/mol. The van der Waals surface area contributed by atoms with Crippen LogP contribution in [0.1, 0.15) is 23.0 Å². The van der Waals surface area contributed by atoms with E-state index in [1.165, 1.54) is 0 Å². The summed E-state index contributed by atoms with van der Waals surface area (Å²) in [6.45, 7) is 4.72. The summed E-state index contributed by atoms with van der Waals surface area (Å²) in [6, 6.07) is 14.2. The first-order valence-electron chi connectivity index (χ1n) is 7.70. The molecule has 2 aromatic carbocycles. The summed E-state index contributed by atoms with van der Waals surface area (Å²) in [5.41, 5.74) is 2.88. The molecule has 1 heterocycles. The Bertz CT molecular complexity index is 975. The van der Waals surface area contributed by atoms with Gasteiger partial charge in [-0.15, -0.1) is 0 Å². The van der Waals surface area contributed by atoms with Crippen molar-refractivity contribution in [1.29, 1.82) is 0 Å². The maximum Gasteiger partial charge on any atom is 0.255 e. The molecular weight excluding hydrogens is 368 g/mol. The van der Waals surface area contributed by atoms with Gasteiger partial charge in [-0.2, -0.15) is 0 Å². The minimum atomic E-state index is -0.234. The molecule has 5 heteroatoms. The number of amides is 1. The van der Waals surface area contributed by atoms with E-state index in [0.717, 1.165) is 22.2 Å². The molecule has 0 radical (unpaired) electrons. The lowest BCUT2D eigenvalue weighted by Gasteiger charge is -2.13. The molecule has 3 rings (SSSR count). The molecule has 4 nitrogen and oxygen atoms in total. The Morgan fingerprint density at radius 2 is 1.83 bits per heavy atom. The Morgan fingerprint density at radius 3 is 2.50 bits per heavy atom. The number of aromatic nitrogens is 1. The van der Waals surface area contributed by atoms with Crippen LogP contribution < -0.4 is 10.7 Å². The second-order valence-corrected chi connectivity index (χ2v) is 6.50. The molecular formula is C19H17BrN2O2. The van der Waals surface area contributed by atoms with Gasteiger partial charge in [-0.05, 0) is 56.3 Å². The van der Waals surface area contributed by atoms with Gasteiger partial charge in [-0.3, -0.25) is 9.59 Å². The fourth-order valence-electron chi connectivity index (χ4n) is 2.80. The van der Waals surface area contributed by atoms with Crippen LogP contribution >= 0.6 is 15.9 Å². The molecule has 0 fully saturated rings. The van der Waals surface area contributed by atoms with E-state index in [2.05, 4.69) is 25.8 Å². The maximum absolute atomic E-state index is 12.4. The van der Waals surface area contributed by atoms with Gasteiger partial charge in [0.05, 0.1) is 5.52 Å². The van der Waals surface area contributed by atoms with Crippen LogP contribution in [-0.2, 0) is 6.54 Å². The van der Waals surface area contributed by atoms with E-state index in [0.29, 0.717) is 16.6 Å². The summed E-state index contributed by atoms with van der Waals surface area (Å²) < 4.78 is 3.01. The van der Waals surface area contributed by atoms with Gasteiger partial charge in [0.1, 0.15) is 0 Å². The van der Waals surface area contributed by atoms with Crippen molar-refractivity contribution in [2.24, 2.45) is 0 Å². The van der Waals surface area contributed by atoms with E-state index in [9.17, 15) is 9.59 Å². The van der Waals surface area contributed by atoms with Crippen LogP contribution in [0.4, 0.5) is 5.69 Å². The molecule has 1 aromatic heterocycles. The number of hydrogen-bond donors (Lipinski definition) is 1. The first kappa shape index (κ1) is 16.5. The zero-order valence-corrected chi connectivity index (χ0v) is 15.1. The topological polar surface area (TPSA) is 51.1 Å². The normalized spacial score (nSPS) is 10.8. The molecule has 0 aliphatic heterocycles. The molecule has 0 aliphatic rings. The number of aryl methyl sites for hydroxylation is 2.